The fourth-order valence-electron chi connectivity index (χ4n) is 1.89. The number of aromatic nitrogens is 2. The molecular weight excluding hydrogens is 248 g/mol. The van der Waals surface area contributed by atoms with E-state index in [0.29, 0.717) is 24.9 Å². The lowest BCUT2D eigenvalue weighted by Crippen LogP contribution is -2.42. The van der Waals surface area contributed by atoms with Crippen molar-refractivity contribution in [1.29, 1.82) is 0 Å². The number of nitrogens with one attached hydrogen (secondary N) is 1. The van der Waals surface area contributed by atoms with Crippen LogP contribution in [-0.2, 0) is 4.74 Å². The quantitative estimate of drug-likeness (QED) is 0.769. The van der Waals surface area contributed by atoms with Gasteiger partial charge in [-0.1, -0.05) is 19.0 Å². The number of nitrogens with zero attached hydrogens (tertiary/aromatic N) is 3. The molecule has 0 aliphatic carbocycles. The van der Waals surface area contributed by atoms with Crippen LogP contribution in [0.15, 0.2) is 4.52 Å². The van der Waals surface area contributed by atoms with Gasteiger partial charge < -0.3 is 19.7 Å². The lowest BCUT2D eigenvalue weighted by Gasteiger charge is -2.28. The summed E-state index contributed by atoms with van der Waals surface area (Å²) in [6, 6.07) is 0.365. The van der Waals surface area contributed by atoms with E-state index in [4.69, 9.17) is 9.26 Å². The van der Waals surface area contributed by atoms with Gasteiger partial charge in [0.1, 0.15) is 0 Å². The molecular formula is C12H22N4O3. The first-order valence-electron chi connectivity index (χ1n) is 6.71. The van der Waals surface area contributed by atoms with E-state index in [0.717, 1.165) is 26.3 Å². The van der Waals surface area contributed by atoms with Gasteiger partial charge in [0.2, 0.25) is 0 Å². The number of ether oxygens (including phenoxy) is 1. The molecule has 0 spiro atoms. The molecule has 1 aliphatic rings. The van der Waals surface area contributed by atoms with Crippen molar-refractivity contribution in [1.82, 2.24) is 15.0 Å². The summed E-state index contributed by atoms with van der Waals surface area (Å²) in [5, 5.41) is 16.8. The maximum Gasteiger partial charge on any atom is 0.321 e. The van der Waals surface area contributed by atoms with Crippen molar-refractivity contribution in [3.63, 3.8) is 0 Å². The van der Waals surface area contributed by atoms with Crippen LogP contribution in [0.5, 0.6) is 0 Å². The molecule has 1 saturated heterocycles. The van der Waals surface area contributed by atoms with Gasteiger partial charge in [-0.2, -0.15) is 4.98 Å². The Bertz CT molecular complexity index is 377. The van der Waals surface area contributed by atoms with E-state index in [1.165, 1.54) is 0 Å². The third-order valence-corrected chi connectivity index (χ3v) is 3.02. The average Bonchev–Trinajstić information content (AvgIpc) is 2.86. The Hall–Kier alpha value is -1.18. The Morgan fingerprint density at radius 2 is 2.11 bits per heavy atom. The Morgan fingerprint density at radius 1 is 1.37 bits per heavy atom. The van der Waals surface area contributed by atoms with Crippen LogP contribution in [0.1, 0.15) is 25.6 Å². The Kier molecular flexibility index (Phi) is 5.12. The van der Waals surface area contributed by atoms with Gasteiger partial charge in [-0.05, 0) is 0 Å². The van der Waals surface area contributed by atoms with Gasteiger partial charge in [0.15, 0.2) is 5.82 Å². The van der Waals surface area contributed by atoms with E-state index < -0.39 is 6.10 Å². The minimum absolute atomic E-state index is 0.234. The minimum Gasteiger partial charge on any atom is -0.390 e. The molecule has 1 aromatic heterocycles. The molecule has 2 N–H and O–H groups in total. The van der Waals surface area contributed by atoms with Crippen LogP contribution < -0.4 is 5.32 Å². The van der Waals surface area contributed by atoms with E-state index in [9.17, 15) is 5.11 Å². The number of hydrogen-bond acceptors (Lipinski definition) is 7. The lowest BCUT2D eigenvalue weighted by molar-refractivity contribution is 0.0170. The summed E-state index contributed by atoms with van der Waals surface area (Å²) in [4.78, 5) is 6.38. The van der Waals surface area contributed by atoms with Crippen LogP contribution in [0.2, 0.25) is 0 Å². The summed E-state index contributed by atoms with van der Waals surface area (Å²) < 4.78 is 10.3. The molecule has 108 valence electrons. The highest BCUT2D eigenvalue weighted by Gasteiger charge is 2.16. The zero-order valence-corrected chi connectivity index (χ0v) is 11.5. The van der Waals surface area contributed by atoms with Gasteiger partial charge in [-0.25, -0.2) is 0 Å². The van der Waals surface area contributed by atoms with E-state index in [2.05, 4.69) is 20.4 Å². The van der Waals surface area contributed by atoms with E-state index in [-0.39, 0.29) is 5.92 Å². The topological polar surface area (TPSA) is 83.7 Å². The molecule has 7 nitrogen and oxygen atoms in total. The molecule has 1 aliphatic heterocycles. The lowest BCUT2D eigenvalue weighted by atomic mass is 10.2. The predicted molar refractivity (Wildman–Crippen MR) is 70.1 cm³/mol. The molecule has 0 aromatic carbocycles. The van der Waals surface area contributed by atoms with Gasteiger partial charge in [0, 0.05) is 32.1 Å². The standard InChI is InChI=1S/C12H22N4O3/c1-9(2)11-14-12(19-15-11)13-7-10(17)8-16-3-5-18-6-4-16/h9-10,17H,3-8H2,1-2H3,(H,13,14,15). The molecule has 0 bridgehead atoms. The summed E-state index contributed by atoms with van der Waals surface area (Å²) in [7, 11) is 0. The van der Waals surface area contributed by atoms with Crippen LogP contribution in [0.4, 0.5) is 6.01 Å². The first-order valence-corrected chi connectivity index (χ1v) is 6.71. The van der Waals surface area contributed by atoms with E-state index >= 15 is 0 Å². The molecule has 7 heteroatoms. The monoisotopic (exact) mass is 270 g/mol. The summed E-state index contributed by atoms with van der Waals surface area (Å²) in [5.41, 5.74) is 0. The zero-order valence-electron chi connectivity index (χ0n) is 11.5. The second-order valence-corrected chi connectivity index (χ2v) is 5.06. The van der Waals surface area contributed by atoms with Crippen molar-refractivity contribution < 1.29 is 14.4 Å². The predicted octanol–water partition coefficient (Wildman–Crippen LogP) is 0.298. The maximum absolute atomic E-state index is 9.94. The maximum atomic E-state index is 9.94. The van der Waals surface area contributed by atoms with Crippen molar-refractivity contribution in [2.24, 2.45) is 0 Å². The highest BCUT2D eigenvalue weighted by molar-refractivity contribution is 5.19. The van der Waals surface area contributed by atoms with Crippen LogP contribution in [0.25, 0.3) is 0 Å². The normalized spacial score (nSPS) is 18.7. The summed E-state index contributed by atoms with van der Waals surface area (Å²) >= 11 is 0. The van der Waals surface area contributed by atoms with Gasteiger partial charge in [-0.15, -0.1) is 0 Å². The molecule has 1 aromatic rings. The molecule has 2 heterocycles. The Balaban J connectivity index is 1.71. The van der Waals surface area contributed by atoms with Crippen molar-refractivity contribution in [3.8, 4) is 0 Å². The fourth-order valence-corrected chi connectivity index (χ4v) is 1.89. The van der Waals surface area contributed by atoms with Crippen molar-refractivity contribution in [2.75, 3.05) is 44.7 Å². The van der Waals surface area contributed by atoms with E-state index in [1.54, 1.807) is 0 Å². The Labute approximate surface area is 112 Å². The molecule has 0 radical (unpaired) electrons. The largest absolute Gasteiger partial charge is 0.390 e. The molecule has 1 unspecified atom stereocenters. The number of anilines is 1. The first kappa shape index (κ1) is 14.2. The summed E-state index contributed by atoms with van der Waals surface area (Å²) in [6.07, 6.45) is -0.465. The highest BCUT2D eigenvalue weighted by Crippen LogP contribution is 2.12. The van der Waals surface area contributed by atoms with Gasteiger partial charge >= 0.3 is 6.01 Å². The molecule has 0 amide bonds. The third kappa shape index (κ3) is 4.45. The van der Waals surface area contributed by atoms with Gasteiger partial charge in [0.05, 0.1) is 19.3 Å². The van der Waals surface area contributed by atoms with Crippen LogP contribution in [-0.4, -0.2) is 65.6 Å². The molecule has 2 rings (SSSR count). The zero-order chi connectivity index (χ0) is 13.7. The summed E-state index contributed by atoms with van der Waals surface area (Å²) in [6.45, 7) is 8.25. The van der Waals surface area contributed by atoms with Crippen LogP contribution in [0, 0.1) is 0 Å². The number of β-amino-alcohol motifs (C(OH)–C–C–N with tert-alkyl or cyclic N) is 1. The van der Waals surface area contributed by atoms with Crippen molar-refractivity contribution in [3.05, 3.63) is 5.82 Å². The third-order valence-electron chi connectivity index (χ3n) is 3.02. The molecule has 1 atom stereocenters. The minimum atomic E-state index is -0.465. The fraction of sp³-hybridized carbons (Fsp3) is 0.833. The summed E-state index contributed by atoms with van der Waals surface area (Å²) in [5.74, 6) is 0.905. The van der Waals surface area contributed by atoms with Crippen molar-refractivity contribution >= 4 is 6.01 Å². The second-order valence-electron chi connectivity index (χ2n) is 5.06. The first-order chi connectivity index (χ1) is 9.15. The second kappa shape index (κ2) is 6.83. The molecule has 19 heavy (non-hydrogen) atoms. The van der Waals surface area contributed by atoms with Crippen LogP contribution >= 0.6 is 0 Å². The number of hydrogen-bond donors (Lipinski definition) is 2. The number of rotatable bonds is 6. The van der Waals surface area contributed by atoms with Gasteiger partial charge in [0.25, 0.3) is 0 Å². The Morgan fingerprint density at radius 3 is 2.74 bits per heavy atom. The highest BCUT2D eigenvalue weighted by atomic mass is 16.5. The number of aliphatic hydroxyl groups is 1. The number of morpholine rings is 1. The van der Waals surface area contributed by atoms with Gasteiger partial charge in [-0.3, -0.25) is 4.90 Å². The molecule has 0 saturated carbocycles. The van der Waals surface area contributed by atoms with Crippen LogP contribution in [0.3, 0.4) is 0 Å². The van der Waals surface area contributed by atoms with E-state index in [1.807, 2.05) is 13.8 Å². The SMILES string of the molecule is CC(C)c1noc(NCC(O)CN2CCOCC2)n1. The van der Waals surface area contributed by atoms with Crippen molar-refractivity contribution in [2.45, 2.75) is 25.9 Å². The smallest absolute Gasteiger partial charge is 0.321 e. The number of aliphatic hydroxyl groups excluding tert-OH is 1. The average molecular weight is 270 g/mol. The molecule has 1 fully saturated rings.